The van der Waals surface area contributed by atoms with Crippen LogP contribution in [0.2, 0.25) is 0 Å². The van der Waals surface area contributed by atoms with Crippen LogP contribution in [0.25, 0.3) is 22.2 Å². The summed E-state index contributed by atoms with van der Waals surface area (Å²) in [6.45, 7) is 5.24. The lowest BCUT2D eigenvalue weighted by atomic mass is 10.1. The van der Waals surface area contributed by atoms with Gasteiger partial charge in [-0.15, -0.1) is 0 Å². The molecule has 258 valence electrons. The number of carbonyl (C=O) groups is 4. The molecule has 2 aliphatic heterocycles. The summed E-state index contributed by atoms with van der Waals surface area (Å²) >= 11 is 0. The first-order valence-corrected chi connectivity index (χ1v) is 16.6. The molecule has 12 heteroatoms. The number of pyridine rings is 1. The topological polar surface area (TPSA) is 156 Å². The van der Waals surface area contributed by atoms with E-state index >= 15 is 0 Å². The SMILES string of the molecule is COc1ccc2c(O[C@@H]3C[C@H]4C(=O)N[C@]5(C(=O)O)C[C@H]5/C=C\CCC[C@H](NC(=O)OC(C)(C)C)C(=O)N4C3)cc(-c3ccccc3)nc2c1. The van der Waals surface area contributed by atoms with Gasteiger partial charge in [0.05, 0.1) is 24.9 Å². The molecule has 12 nitrogen and oxygen atoms in total. The van der Waals surface area contributed by atoms with Crippen molar-refractivity contribution >= 4 is 34.8 Å². The van der Waals surface area contributed by atoms with Gasteiger partial charge < -0.3 is 34.9 Å². The summed E-state index contributed by atoms with van der Waals surface area (Å²) in [5.41, 5.74) is -0.0285. The first-order chi connectivity index (χ1) is 23.4. The zero-order chi connectivity index (χ0) is 34.9. The summed E-state index contributed by atoms with van der Waals surface area (Å²) in [7, 11) is 1.58. The van der Waals surface area contributed by atoms with Gasteiger partial charge in [0.1, 0.15) is 40.8 Å². The highest BCUT2D eigenvalue weighted by atomic mass is 16.6. The van der Waals surface area contributed by atoms with Crippen LogP contribution in [0, 0.1) is 5.92 Å². The third-order valence-electron chi connectivity index (χ3n) is 9.15. The summed E-state index contributed by atoms with van der Waals surface area (Å²) in [6.07, 6.45) is 4.09. The van der Waals surface area contributed by atoms with Gasteiger partial charge in [-0.3, -0.25) is 9.59 Å². The van der Waals surface area contributed by atoms with Crippen LogP contribution in [0.3, 0.4) is 0 Å². The third-order valence-corrected chi connectivity index (χ3v) is 9.15. The second-order valence-corrected chi connectivity index (χ2v) is 13.9. The average Bonchev–Trinajstić information content (AvgIpc) is 3.59. The predicted molar refractivity (Wildman–Crippen MR) is 181 cm³/mol. The number of carbonyl (C=O) groups excluding carboxylic acids is 3. The van der Waals surface area contributed by atoms with Crippen molar-refractivity contribution in [3.05, 3.63) is 66.7 Å². The van der Waals surface area contributed by atoms with Gasteiger partial charge in [-0.2, -0.15) is 0 Å². The molecule has 3 aromatic rings. The number of rotatable bonds is 6. The predicted octanol–water partition coefficient (Wildman–Crippen LogP) is 4.85. The van der Waals surface area contributed by atoms with Gasteiger partial charge >= 0.3 is 12.1 Å². The number of benzene rings is 2. The number of hydrogen-bond donors (Lipinski definition) is 3. The van der Waals surface area contributed by atoms with Crippen LogP contribution in [0.4, 0.5) is 4.79 Å². The van der Waals surface area contributed by atoms with Crippen molar-refractivity contribution in [1.82, 2.24) is 20.5 Å². The van der Waals surface area contributed by atoms with Gasteiger partial charge in [-0.05, 0) is 58.6 Å². The van der Waals surface area contributed by atoms with E-state index in [0.717, 1.165) is 10.9 Å². The summed E-state index contributed by atoms with van der Waals surface area (Å²) in [5, 5.41) is 16.3. The zero-order valence-electron chi connectivity index (χ0n) is 28.1. The number of fused-ring (bicyclic) bond motifs is 3. The van der Waals surface area contributed by atoms with Crippen LogP contribution in [-0.2, 0) is 19.1 Å². The molecule has 0 spiro atoms. The van der Waals surface area contributed by atoms with Crippen molar-refractivity contribution < 1.29 is 38.5 Å². The lowest BCUT2D eigenvalue weighted by Gasteiger charge is -2.30. The molecular weight excluding hydrogens is 628 g/mol. The maximum absolute atomic E-state index is 14.3. The van der Waals surface area contributed by atoms with E-state index in [1.807, 2.05) is 66.7 Å². The lowest BCUT2D eigenvalue weighted by molar-refractivity contribution is -0.145. The number of ether oxygens (including phenoxy) is 3. The molecule has 2 aromatic carbocycles. The number of nitrogens with zero attached hydrogens (tertiary/aromatic N) is 2. The Morgan fingerprint density at radius 3 is 2.59 bits per heavy atom. The number of carboxylic acids is 1. The molecule has 49 heavy (non-hydrogen) atoms. The molecule has 1 aliphatic carbocycles. The number of carboxylic acid groups (broad SMARTS) is 1. The Bertz CT molecular complexity index is 1790. The van der Waals surface area contributed by atoms with E-state index in [4.69, 9.17) is 19.2 Å². The van der Waals surface area contributed by atoms with Crippen LogP contribution in [0.5, 0.6) is 11.5 Å². The largest absolute Gasteiger partial charge is 0.497 e. The molecule has 3 aliphatic rings. The Labute approximate surface area is 284 Å². The Morgan fingerprint density at radius 1 is 1.10 bits per heavy atom. The molecule has 3 heterocycles. The Kier molecular flexibility index (Phi) is 9.24. The quantitative estimate of drug-likeness (QED) is 0.312. The second-order valence-electron chi connectivity index (χ2n) is 13.9. The molecule has 1 aromatic heterocycles. The van der Waals surface area contributed by atoms with Crippen LogP contribution in [0.1, 0.15) is 52.9 Å². The average molecular weight is 671 g/mol. The van der Waals surface area contributed by atoms with Crippen molar-refractivity contribution in [3.8, 4) is 22.8 Å². The number of hydrogen-bond acceptors (Lipinski definition) is 8. The first-order valence-electron chi connectivity index (χ1n) is 16.6. The van der Waals surface area contributed by atoms with Gasteiger partial charge in [0.15, 0.2) is 0 Å². The maximum Gasteiger partial charge on any atom is 0.408 e. The molecule has 1 saturated carbocycles. The van der Waals surface area contributed by atoms with E-state index in [1.165, 1.54) is 4.90 Å². The van der Waals surface area contributed by atoms with Gasteiger partial charge in [0, 0.05) is 35.4 Å². The number of amides is 3. The van der Waals surface area contributed by atoms with Gasteiger partial charge in [0.25, 0.3) is 0 Å². The number of aliphatic carboxylic acids is 1. The monoisotopic (exact) mass is 670 g/mol. The van der Waals surface area contributed by atoms with Crippen molar-refractivity contribution in [3.63, 3.8) is 0 Å². The molecule has 1 saturated heterocycles. The summed E-state index contributed by atoms with van der Waals surface area (Å²) in [5.74, 6) is -1.39. The molecule has 0 radical (unpaired) electrons. The molecule has 0 unspecified atom stereocenters. The normalized spacial score (nSPS) is 26.2. The molecule has 3 amide bonds. The standard InChI is InChI=1S/C37H42N4O8/c1-36(2,3)49-35(46)39-27-14-10-6-9-13-23-20-37(23,34(44)45)40-32(42)30-18-25(21-41(30)33(27)43)48-31-19-28(22-11-7-5-8-12-22)38-29-17-24(47-4)15-16-26(29)31/h5,7-9,11-13,15-17,19,23,25,27,30H,6,10,14,18,20-21H2,1-4H3,(H,39,46)(H,40,42)(H,44,45)/b13-9-/t23-,25-,27+,30+,37-/m1/s1. The fraction of sp³-hybridized carbons (Fsp3) is 0.432. The van der Waals surface area contributed by atoms with E-state index in [1.54, 1.807) is 27.9 Å². The number of alkyl carbamates (subject to hydrolysis) is 1. The minimum atomic E-state index is -1.44. The smallest absolute Gasteiger partial charge is 0.408 e. The van der Waals surface area contributed by atoms with E-state index in [9.17, 15) is 24.3 Å². The number of nitrogens with one attached hydrogen (secondary N) is 2. The van der Waals surface area contributed by atoms with Crippen LogP contribution < -0.4 is 20.1 Å². The van der Waals surface area contributed by atoms with Gasteiger partial charge in [-0.25, -0.2) is 14.6 Å². The fourth-order valence-corrected chi connectivity index (χ4v) is 6.59. The van der Waals surface area contributed by atoms with Crippen LogP contribution in [0.15, 0.2) is 66.7 Å². The van der Waals surface area contributed by atoms with E-state index in [2.05, 4.69) is 10.6 Å². The molecule has 5 atom stereocenters. The zero-order valence-corrected chi connectivity index (χ0v) is 28.1. The molecule has 3 N–H and O–H groups in total. The van der Waals surface area contributed by atoms with E-state index in [-0.39, 0.29) is 25.3 Å². The highest BCUT2D eigenvalue weighted by Gasteiger charge is 2.61. The van der Waals surface area contributed by atoms with Crippen molar-refractivity contribution in [2.24, 2.45) is 5.92 Å². The maximum atomic E-state index is 14.3. The number of methoxy groups -OCH3 is 1. The minimum Gasteiger partial charge on any atom is -0.497 e. The highest BCUT2D eigenvalue weighted by molar-refractivity contribution is 5.96. The van der Waals surface area contributed by atoms with Crippen LogP contribution >= 0.6 is 0 Å². The Hall–Kier alpha value is -5.13. The van der Waals surface area contributed by atoms with Crippen LogP contribution in [-0.4, -0.2) is 81.8 Å². The summed E-state index contributed by atoms with van der Waals surface area (Å²) in [6, 6.07) is 14.9. The van der Waals surface area contributed by atoms with Crippen molar-refractivity contribution in [1.29, 1.82) is 0 Å². The number of allylic oxidation sites excluding steroid dienone is 1. The van der Waals surface area contributed by atoms with Gasteiger partial charge in [-0.1, -0.05) is 42.5 Å². The van der Waals surface area contributed by atoms with E-state index in [0.29, 0.717) is 42.0 Å². The van der Waals surface area contributed by atoms with Crippen molar-refractivity contribution in [2.75, 3.05) is 13.7 Å². The molecule has 0 bridgehead atoms. The minimum absolute atomic E-state index is 0.0335. The Morgan fingerprint density at radius 2 is 1.88 bits per heavy atom. The number of aromatic nitrogens is 1. The van der Waals surface area contributed by atoms with E-state index < -0.39 is 53.2 Å². The third kappa shape index (κ3) is 7.33. The molecular formula is C37H42N4O8. The second kappa shape index (κ2) is 13.4. The van der Waals surface area contributed by atoms with Crippen molar-refractivity contribution in [2.45, 2.75) is 82.2 Å². The van der Waals surface area contributed by atoms with Gasteiger partial charge in [0.2, 0.25) is 11.8 Å². The summed E-state index contributed by atoms with van der Waals surface area (Å²) in [4.78, 5) is 59.7. The summed E-state index contributed by atoms with van der Waals surface area (Å²) < 4.78 is 17.5. The fourth-order valence-electron chi connectivity index (χ4n) is 6.59. The lowest BCUT2D eigenvalue weighted by Crippen LogP contribution is -2.56. The Balaban J connectivity index is 1.34. The molecule has 6 rings (SSSR count). The molecule has 2 fully saturated rings. The highest BCUT2D eigenvalue weighted by Crippen LogP contribution is 2.45. The first kappa shape index (κ1) is 33.8.